The van der Waals surface area contributed by atoms with Gasteiger partial charge in [0.2, 0.25) is 5.91 Å². The van der Waals surface area contributed by atoms with Crippen LogP contribution in [0.1, 0.15) is 32.1 Å². The summed E-state index contributed by atoms with van der Waals surface area (Å²) >= 11 is 0. The number of nitrogens with one attached hydrogen (secondary N) is 1. The van der Waals surface area contributed by atoms with E-state index in [0.29, 0.717) is 0 Å². The average Bonchev–Trinajstić information content (AvgIpc) is 2.79. The fraction of sp³-hybridized carbons (Fsp3) is 0.929. The number of ether oxygens (including phenoxy) is 2. The van der Waals surface area contributed by atoms with Gasteiger partial charge in [0, 0.05) is 33.9 Å². The number of carbonyl (C=O) groups excluding carboxylic acids is 1. The number of hydrogen-bond acceptors (Lipinski definition) is 4. The van der Waals surface area contributed by atoms with Gasteiger partial charge in [-0.15, -0.1) is 0 Å². The molecule has 1 aliphatic heterocycles. The molecule has 1 fully saturated rings. The number of likely N-dealkylation sites (N-methyl/N-ethyl adjacent to an activating group) is 1. The first kappa shape index (κ1) is 16.4. The maximum Gasteiger partial charge on any atom is 0.237 e. The second-order valence-corrected chi connectivity index (χ2v) is 5.25. The molecule has 0 aliphatic carbocycles. The minimum atomic E-state index is -0.0292. The van der Waals surface area contributed by atoms with Crippen molar-refractivity contribution in [3.8, 4) is 0 Å². The first-order valence-electron chi connectivity index (χ1n) is 7.18. The number of carbonyl (C=O) groups is 1. The van der Waals surface area contributed by atoms with E-state index in [9.17, 15) is 4.79 Å². The third-order valence-corrected chi connectivity index (χ3v) is 3.72. The Hall–Kier alpha value is -0.650. The van der Waals surface area contributed by atoms with Crippen LogP contribution in [0.2, 0.25) is 0 Å². The Morgan fingerprint density at radius 3 is 2.63 bits per heavy atom. The van der Waals surface area contributed by atoms with Gasteiger partial charge in [-0.2, -0.15) is 0 Å². The van der Waals surface area contributed by atoms with Crippen molar-refractivity contribution >= 4 is 5.91 Å². The minimum absolute atomic E-state index is 0.0292. The van der Waals surface area contributed by atoms with Crippen LogP contribution >= 0.6 is 0 Å². The van der Waals surface area contributed by atoms with Crippen molar-refractivity contribution < 1.29 is 14.3 Å². The molecule has 1 rings (SSSR count). The van der Waals surface area contributed by atoms with Crippen LogP contribution in [0, 0.1) is 0 Å². The first-order chi connectivity index (χ1) is 9.19. The predicted octanol–water partition coefficient (Wildman–Crippen LogP) is 1.03. The number of nitrogens with zero attached hydrogens (tertiary/aromatic N) is 1. The van der Waals surface area contributed by atoms with Gasteiger partial charge in [0.25, 0.3) is 0 Å². The summed E-state index contributed by atoms with van der Waals surface area (Å²) in [5.41, 5.74) is 0. The van der Waals surface area contributed by atoms with Crippen LogP contribution in [0.4, 0.5) is 0 Å². The highest BCUT2D eigenvalue weighted by molar-refractivity contribution is 5.82. The molecule has 0 aromatic rings. The molecule has 1 saturated heterocycles. The zero-order valence-electron chi connectivity index (χ0n) is 12.5. The van der Waals surface area contributed by atoms with Crippen molar-refractivity contribution in [2.45, 2.75) is 44.2 Å². The second-order valence-electron chi connectivity index (χ2n) is 5.25. The molecule has 1 amide bonds. The lowest BCUT2D eigenvalue weighted by molar-refractivity contribution is -0.125. The molecule has 0 aromatic carbocycles. The monoisotopic (exact) mass is 272 g/mol. The third-order valence-electron chi connectivity index (χ3n) is 3.72. The number of likely N-dealkylation sites (tertiary alicyclic amines) is 1. The molecule has 19 heavy (non-hydrogen) atoms. The Balaban J connectivity index is 2.08. The van der Waals surface area contributed by atoms with Crippen molar-refractivity contribution in [1.29, 1.82) is 0 Å². The van der Waals surface area contributed by atoms with Crippen LogP contribution in [0.5, 0.6) is 0 Å². The van der Waals surface area contributed by atoms with Gasteiger partial charge < -0.3 is 14.8 Å². The molecule has 0 bridgehead atoms. The molecule has 2 atom stereocenters. The molecule has 1 aliphatic rings. The summed E-state index contributed by atoms with van der Waals surface area (Å²) in [4.78, 5) is 14.1. The molecule has 0 spiro atoms. The number of methoxy groups -OCH3 is 2. The highest BCUT2D eigenvalue weighted by Crippen LogP contribution is 2.17. The standard InChI is InChI=1S/C14H28N2O3/c1-16-11-12(19-3)10-13(16)14(17)15-8-6-4-5-7-9-18-2/h12-13H,4-11H2,1-3H3,(H,15,17). The third kappa shape index (κ3) is 5.89. The SMILES string of the molecule is COCCCCCCNC(=O)C1CC(OC)CN1C. The van der Waals surface area contributed by atoms with E-state index in [1.807, 2.05) is 7.05 Å². The molecular weight excluding hydrogens is 244 g/mol. The summed E-state index contributed by atoms with van der Waals surface area (Å²) in [5, 5.41) is 3.02. The van der Waals surface area contributed by atoms with Crippen molar-refractivity contribution in [2.24, 2.45) is 0 Å². The van der Waals surface area contributed by atoms with Gasteiger partial charge in [-0.05, 0) is 26.3 Å². The lowest BCUT2D eigenvalue weighted by Crippen LogP contribution is -2.41. The highest BCUT2D eigenvalue weighted by Gasteiger charge is 2.34. The Morgan fingerprint density at radius 2 is 2.00 bits per heavy atom. The van der Waals surface area contributed by atoms with Crippen molar-refractivity contribution in [3.05, 3.63) is 0 Å². The largest absolute Gasteiger partial charge is 0.385 e. The summed E-state index contributed by atoms with van der Waals surface area (Å²) < 4.78 is 10.3. The molecule has 5 nitrogen and oxygen atoms in total. The Labute approximate surface area is 116 Å². The summed E-state index contributed by atoms with van der Waals surface area (Å²) in [6.07, 6.45) is 5.44. The molecule has 1 heterocycles. The van der Waals surface area contributed by atoms with E-state index in [1.54, 1.807) is 14.2 Å². The first-order valence-corrected chi connectivity index (χ1v) is 7.18. The van der Waals surface area contributed by atoms with Gasteiger partial charge in [0.05, 0.1) is 12.1 Å². The topological polar surface area (TPSA) is 50.8 Å². The van der Waals surface area contributed by atoms with E-state index < -0.39 is 0 Å². The Kier molecular flexibility index (Phi) is 8.02. The van der Waals surface area contributed by atoms with Crippen molar-refractivity contribution in [2.75, 3.05) is 41.0 Å². The molecule has 112 valence electrons. The lowest BCUT2D eigenvalue weighted by Gasteiger charge is -2.18. The molecular formula is C14H28N2O3. The quantitative estimate of drug-likeness (QED) is 0.637. The van der Waals surface area contributed by atoms with Gasteiger partial charge >= 0.3 is 0 Å². The summed E-state index contributed by atoms with van der Waals surface area (Å²) in [6.45, 7) is 2.44. The lowest BCUT2D eigenvalue weighted by atomic mass is 10.1. The summed E-state index contributed by atoms with van der Waals surface area (Å²) in [5.74, 6) is 0.138. The Bertz CT molecular complexity index is 261. The van der Waals surface area contributed by atoms with Gasteiger partial charge in [0.15, 0.2) is 0 Å². The molecule has 2 unspecified atom stereocenters. The highest BCUT2D eigenvalue weighted by atomic mass is 16.5. The molecule has 5 heteroatoms. The van der Waals surface area contributed by atoms with Crippen molar-refractivity contribution in [3.63, 3.8) is 0 Å². The van der Waals surface area contributed by atoms with Gasteiger partial charge in [-0.3, -0.25) is 9.69 Å². The van der Waals surface area contributed by atoms with Crippen LogP contribution < -0.4 is 5.32 Å². The smallest absolute Gasteiger partial charge is 0.237 e. The predicted molar refractivity (Wildman–Crippen MR) is 75.2 cm³/mol. The van der Waals surface area contributed by atoms with Gasteiger partial charge in [0.1, 0.15) is 0 Å². The van der Waals surface area contributed by atoms with E-state index >= 15 is 0 Å². The van der Waals surface area contributed by atoms with E-state index in [1.165, 1.54) is 6.42 Å². The van der Waals surface area contributed by atoms with Gasteiger partial charge in [-0.1, -0.05) is 12.8 Å². The molecule has 0 saturated carbocycles. The fourth-order valence-corrected chi connectivity index (χ4v) is 2.48. The normalized spacial score (nSPS) is 23.7. The van der Waals surface area contributed by atoms with E-state index in [-0.39, 0.29) is 18.1 Å². The molecule has 0 aromatic heterocycles. The second kappa shape index (κ2) is 9.28. The van der Waals surface area contributed by atoms with Crippen LogP contribution in [0.25, 0.3) is 0 Å². The van der Waals surface area contributed by atoms with E-state index in [2.05, 4.69) is 10.2 Å². The van der Waals surface area contributed by atoms with Crippen LogP contribution in [0.15, 0.2) is 0 Å². The number of rotatable bonds is 9. The maximum absolute atomic E-state index is 12.0. The average molecular weight is 272 g/mol. The number of unbranched alkanes of at least 4 members (excludes halogenated alkanes) is 3. The number of hydrogen-bond donors (Lipinski definition) is 1. The number of amides is 1. The zero-order chi connectivity index (χ0) is 14.1. The fourth-order valence-electron chi connectivity index (χ4n) is 2.48. The van der Waals surface area contributed by atoms with E-state index in [4.69, 9.17) is 9.47 Å². The van der Waals surface area contributed by atoms with E-state index in [0.717, 1.165) is 45.4 Å². The maximum atomic E-state index is 12.0. The zero-order valence-corrected chi connectivity index (χ0v) is 12.5. The Morgan fingerprint density at radius 1 is 1.26 bits per heavy atom. The molecule has 1 N–H and O–H groups in total. The van der Waals surface area contributed by atoms with Gasteiger partial charge in [-0.25, -0.2) is 0 Å². The van der Waals surface area contributed by atoms with Crippen LogP contribution in [-0.2, 0) is 14.3 Å². The van der Waals surface area contributed by atoms with Crippen LogP contribution in [-0.4, -0.2) is 63.9 Å². The van der Waals surface area contributed by atoms with Crippen LogP contribution in [0.3, 0.4) is 0 Å². The van der Waals surface area contributed by atoms with Crippen molar-refractivity contribution in [1.82, 2.24) is 10.2 Å². The molecule has 0 radical (unpaired) electrons. The summed E-state index contributed by atoms with van der Waals surface area (Å²) in [6, 6.07) is -0.0292. The summed E-state index contributed by atoms with van der Waals surface area (Å²) in [7, 11) is 5.42. The minimum Gasteiger partial charge on any atom is -0.385 e.